The van der Waals surface area contributed by atoms with Crippen molar-refractivity contribution in [1.82, 2.24) is 9.80 Å². The molecule has 1 aliphatic heterocycles. The smallest absolute Gasteiger partial charge is 0.246 e. The van der Waals surface area contributed by atoms with Gasteiger partial charge in [-0.25, -0.2) is 4.39 Å². The zero-order valence-electron chi connectivity index (χ0n) is 17.3. The highest BCUT2D eigenvalue weighted by atomic mass is 35.5. The van der Waals surface area contributed by atoms with E-state index in [1.807, 2.05) is 0 Å². The van der Waals surface area contributed by atoms with E-state index in [1.165, 1.54) is 21.9 Å². The number of hydrogen-bond donors (Lipinski definition) is 0. The predicted molar refractivity (Wildman–Crippen MR) is 111 cm³/mol. The summed E-state index contributed by atoms with van der Waals surface area (Å²) in [7, 11) is 3.17. The third kappa shape index (κ3) is 4.36. The molecule has 1 saturated heterocycles. The van der Waals surface area contributed by atoms with E-state index in [0.717, 1.165) is 0 Å². The molecule has 8 heteroatoms. The van der Waals surface area contributed by atoms with Gasteiger partial charge >= 0.3 is 0 Å². The summed E-state index contributed by atoms with van der Waals surface area (Å²) in [6, 6.07) is 8.45. The van der Waals surface area contributed by atoms with Crippen molar-refractivity contribution in [2.24, 2.45) is 0 Å². The number of methoxy groups -OCH3 is 1. The molecule has 0 aromatic heterocycles. The Morgan fingerprint density at radius 1 is 1.20 bits per heavy atom. The number of halogens is 2. The quantitative estimate of drug-likeness (QED) is 0.693. The lowest BCUT2D eigenvalue weighted by molar-refractivity contribution is -0.155. The lowest BCUT2D eigenvalue weighted by Crippen LogP contribution is -2.57. The van der Waals surface area contributed by atoms with Gasteiger partial charge in [0, 0.05) is 12.6 Å². The van der Waals surface area contributed by atoms with Crippen molar-refractivity contribution < 1.29 is 23.5 Å². The van der Waals surface area contributed by atoms with E-state index < -0.39 is 17.9 Å². The van der Waals surface area contributed by atoms with Crippen LogP contribution < -0.4 is 9.47 Å². The van der Waals surface area contributed by atoms with Crippen LogP contribution in [0.25, 0.3) is 0 Å². The summed E-state index contributed by atoms with van der Waals surface area (Å²) in [4.78, 5) is 27.9. The van der Waals surface area contributed by atoms with Gasteiger partial charge in [-0.2, -0.15) is 0 Å². The molecule has 30 heavy (non-hydrogen) atoms. The van der Waals surface area contributed by atoms with Crippen molar-refractivity contribution in [3.8, 4) is 11.5 Å². The Morgan fingerprint density at radius 3 is 2.47 bits per heavy atom. The fraction of sp³-hybridized carbons (Fsp3) is 0.364. The summed E-state index contributed by atoms with van der Waals surface area (Å²) in [6.07, 6.45) is 0. The second-order valence-electron chi connectivity index (χ2n) is 7.24. The maximum absolute atomic E-state index is 14.2. The molecule has 1 fully saturated rings. The average Bonchev–Trinajstić information content (AvgIpc) is 2.73. The van der Waals surface area contributed by atoms with Crippen LogP contribution in [0.5, 0.6) is 11.5 Å². The number of likely N-dealkylation sites (N-methyl/N-ethyl adjacent to an activating group) is 1. The Labute approximate surface area is 180 Å². The van der Waals surface area contributed by atoms with E-state index in [0.29, 0.717) is 22.6 Å². The number of hydrogen-bond acceptors (Lipinski definition) is 4. The van der Waals surface area contributed by atoms with Crippen LogP contribution in [0.2, 0.25) is 5.02 Å². The standard InChI is InChI=1S/C22H24ClFN2O4/c1-13(26-11-21(27)25(3)14(2)22(26)28)18-9-15(24)10-20(23)19(18)12-30-17-7-5-16(29-4)6-8-17/h5-10,13-14H,11-12H2,1-4H3/t13-,14-/m0/s1. The van der Waals surface area contributed by atoms with Gasteiger partial charge in [-0.3, -0.25) is 9.59 Å². The first-order valence-corrected chi connectivity index (χ1v) is 9.91. The zero-order chi connectivity index (χ0) is 22.0. The number of benzene rings is 2. The highest BCUT2D eigenvalue weighted by Gasteiger charge is 2.37. The van der Waals surface area contributed by atoms with Crippen LogP contribution in [0.1, 0.15) is 31.0 Å². The molecule has 1 aliphatic rings. The SMILES string of the molecule is COc1ccc(OCc2c(Cl)cc(F)cc2[C@H](C)N2CC(=O)N(C)[C@@H](C)C2=O)cc1. The molecule has 0 saturated carbocycles. The van der Waals surface area contributed by atoms with Crippen LogP contribution in [0, 0.1) is 5.82 Å². The molecule has 3 rings (SSSR count). The normalized spacial score (nSPS) is 17.9. The number of rotatable bonds is 6. The molecular formula is C22H24ClFN2O4. The molecule has 0 radical (unpaired) electrons. The first kappa shape index (κ1) is 21.9. The van der Waals surface area contributed by atoms with Crippen molar-refractivity contribution in [3.05, 3.63) is 58.4 Å². The number of piperazine rings is 1. The van der Waals surface area contributed by atoms with Crippen molar-refractivity contribution >= 4 is 23.4 Å². The Morgan fingerprint density at radius 2 is 1.83 bits per heavy atom. The first-order valence-electron chi connectivity index (χ1n) is 9.53. The fourth-order valence-electron chi connectivity index (χ4n) is 3.43. The van der Waals surface area contributed by atoms with Gasteiger partial charge in [-0.1, -0.05) is 11.6 Å². The van der Waals surface area contributed by atoms with Gasteiger partial charge < -0.3 is 19.3 Å². The van der Waals surface area contributed by atoms with Gasteiger partial charge in [-0.15, -0.1) is 0 Å². The predicted octanol–water partition coefficient (Wildman–Crippen LogP) is 3.82. The monoisotopic (exact) mass is 434 g/mol. The number of amides is 2. The summed E-state index contributed by atoms with van der Waals surface area (Å²) in [5.41, 5.74) is 1.07. The maximum atomic E-state index is 14.2. The van der Waals surface area contributed by atoms with Crippen LogP contribution in [0.4, 0.5) is 4.39 Å². The van der Waals surface area contributed by atoms with Crippen LogP contribution in [-0.2, 0) is 16.2 Å². The van der Waals surface area contributed by atoms with Gasteiger partial charge in [0.15, 0.2) is 0 Å². The summed E-state index contributed by atoms with van der Waals surface area (Å²) in [5.74, 6) is 0.397. The van der Waals surface area contributed by atoms with E-state index in [9.17, 15) is 14.0 Å². The van der Waals surface area contributed by atoms with E-state index in [4.69, 9.17) is 21.1 Å². The number of nitrogens with zero attached hydrogens (tertiary/aromatic N) is 2. The Bertz CT molecular complexity index is 951. The van der Waals surface area contributed by atoms with Crippen LogP contribution in [0.3, 0.4) is 0 Å². The van der Waals surface area contributed by atoms with Gasteiger partial charge in [0.05, 0.1) is 18.2 Å². The minimum Gasteiger partial charge on any atom is -0.497 e. The van der Waals surface area contributed by atoms with Crippen molar-refractivity contribution in [1.29, 1.82) is 0 Å². The minimum absolute atomic E-state index is 0.0756. The van der Waals surface area contributed by atoms with E-state index in [1.54, 1.807) is 52.3 Å². The van der Waals surface area contributed by atoms with Crippen LogP contribution in [0.15, 0.2) is 36.4 Å². The van der Waals surface area contributed by atoms with Gasteiger partial charge in [0.25, 0.3) is 0 Å². The molecule has 6 nitrogen and oxygen atoms in total. The fourth-order valence-corrected chi connectivity index (χ4v) is 3.70. The first-order chi connectivity index (χ1) is 14.2. The van der Waals surface area contributed by atoms with Crippen LogP contribution in [-0.4, -0.2) is 48.4 Å². The molecule has 160 valence electrons. The molecule has 0 spiro atoms. The average molecular weight is 435 g/mol. The lowest BCUT2D eigenvalue weighted by atomic mass is 9.98. The molecule has 0 bridgehead atoms. The molecule has 0 N–H and O–H groups in total. The Hall–Kier alpha value is -2.80. The molecule has 0 unspecified atom stereocenters. The second-order valence-corrected chi connectivity index (χ2v) is 7.65. The molecule has 2 aromatic carbocycles. The number of carbonyl (C=O) groups is 2. The van der Waals surface area contributed by atoms with Crippen molar-refractivity contribution in [2.45, 2.75) is 32.5 Å². The van der Waals surface area contributed by atoms with E-state index >= 15 is 0 Å². The Kier molecular flexibility index (Phi) is 6.51. The summed E-state index contributed by atoms with van der Waals surface area (Å²) in [5, 5.41) is 0.200. The van der Waals surface area contributed by atoms with E-state index in [-0.39, 0.29) is 30.0 Å². The van der Waals surface area contributed by atoms with Gasteiger partial charge in [-0.05, 0) is 55.8 Å². The maximum Gasteiger partial charge on any atom is 0.246 e. The number of ether oxygens (including phenoxy) is 2. The Balaban J connectivity index is 1.88. The summed E-state index contributed by atoms with van der Waals surface area (Å²) < 4.78 is 25.1. The van der Waals surface area contributed by atoms with E-state index in [2.05, 4.69) is 0 Å². The topological polar surface area (TPSA) is 59.1 Å². The highest BCUT2D eigenvalue weighted by Crippen LogP contribution is 2.33. The van der Waals surface area contributed by atoms with Gasteiger partial charge in [0.2, 0.25) is 11.8 Å². The zero-order valence-corrected chi connectivity index (χ0v) is 18.1. The van der Waals surface area contributed by atoms with Crippen LogP contribution >= 0.6 is 11.6 Å². The third-order valence-electron chi connectivity index (χ3n) is 5.48. The highest BCUT2D eigenvalue weighted by molar-refractivity contribution is 6.31. The van der Waals surface area contributed by atoms with Crippen molar-refractivity contribution in [3.63, 3.8) is 0 Å². The lowest BCUT2D eigenvalue weighted by Gasteiger charge is -2.40. The molecule has 1 heterocycles. The third-order valence-corrected chi connectivity index (χ3v) is 5.81. The van der Waals surface area contributed by atoms with Crippen molar-refractivity contribution in [2.75, 3.05) is 20.7 Å². The molecule has 2 aromatic rings. The molecule has 0 aliphatic carbocycles. The summed E-state index contributed by atoms with van der Waals surface area (Å²) >= 11 is 6.33. The van der Waals surface area contributed by atoms with Gasteiger partial charge in [0.1, 0.15) is 36.5 Å². The second kappa shape index (κ2) is 8.92. The number of carbonyl (C=O) groups excluding carboxylic acids is 2. The minimum atomic E-state index is -0.586. The largest absolute Gasteiger partial charge is 0.497 e. The molecule has 2 amide bonds. The molecular weight excluding hydrogens is 411 g/mol. The molecule has 2 atom stereocenters. The summed E-state index contributed by atoms with van der Waals surface area (Å²) in [6.45, 7) is 3.43.